The number of nitrogens with two attached hydrogens (primary N) is 1. The van der Waals surface area contributed by atoms with Gasteiger partial charge in [-0.05, 0) is 42.3 Å². The van der Waals surface area contributed by atoms with Crippen LogP contribution in [0.2, 0.25) is 0 Å². The maximum absolute atomic E-state index is 15.2. The number of carbonyl (C=O) groups is 2. The molecule has 12 nitrogen and oxygen atoms in total. The number of benzene rings is 2. The SMILES string of the molecule is CCc1cc(Nc2nccn3c(-c4ccc(Oc5ccncn5)c(F)c4F)cnc23)ccc1C(=O)NCCNC(=O)CCN. The van der Waals surface area contributed by atoms with Crippen LogP contribution >= 0.6 is 0 Å². The van der Waals surface area contributed by atoms with Crippen LogP contribution in [-0.2, 0) is 11.2 Å². The normalized spacial score (nSPS) is 10.9. The summed E-state index contributed by atoms with van der Waals surface area (Å²) in [5.41, 5.74) is 7.96. The fourth-order valence-corrected chi connectivity index (χ4v) is 4.48. The lowest BCUT2D eigenvalue weighted by molar-refractivity contribution is -0.120. The molecule has 0 bridgehead atoms. The number of halogens is 2. The average Bonchev–Trinajstić information content (AvgIpc) is 3.47. The summed E-state index contributed by atoms with van der Waals surface area (Å²) in [6.45, 7) is 2.76. The van der Waals surface area contributed by atoms with Crippen molar-refractivity contribution >= 4 is 29.0 Å². The zero-order valence-electron chi connectivity index (χ0n) is 23.7. The van der Waals surface area contributed by atoms with E-state index in [4.69, 9.17) is 10.5 Å². The molecule has 0 fully saturated rings. The van der Waals surface area contributed by atoms with Crippen molar-refractivity contribution in [2.24, 2.45) is 5.73 Å². The molecule has 0 radical (unpaired) electrons. The van der Waals surface area contributed by atoms with Gasteiger partial charge in [0.15, 0.2) is 23.0 Å². The first-order valence-electron chi connectivity index (χ1n) is 13.8. The summed E-state index contributed by atoms with van der Waals surface area (Å²) in [4.78, 5) is 40.7. The summed E-state index contributed by atoms with van der Waals surface area (Å²) in [5.74, 6) is -2.58. The molecule has 2 amide bonds. The van der Waals surface area contributed by atoms with Crippen molar-refractivity contribution < 1.29 is 23.1 Å². The van der Waals surface area contributed by atoms with E-state index in [1.165, 1.54) is 43.1 Å². The predicted octanol–water partition coefficient (Wildman–Crippen LogP) is 3.76. The Morgan fingerprint density at radius 3 is 2.61 bits per heavy atom. The van der Waals surface area contributed by atoms with Gasteiger partial charge in [-0.25, -0.2) is 24.3 Å². The van der Waals surface area contributed by atoms with Crippen LogP contribution in [-0.4, -0.2) is 55.8 Å². The van der Waals surface area contributed by atoms with E-state index in [1.807, 2.05) is 13.0 Å². The van der Waals surface area contributed by atoms with Gasteiger partial charge in [0.25, 0.3) is 5.91 Å². The Morgan fingerprint density at radius 1 is 1.00 bits per heavy atom. The van der Waals surface area contributed by atoms with Crippen LogP contribution in [0.1, 0.15) is 29.3 Å². The molecule has 5 aromatic rings. The summed E-state index contributed by atoms with van der Waals surface area (Å²) >= 11 is 0. The average molecular weight is 602 g/mol. The molecule has 226 valence electrons. The number of nitrogens with zero attached hydrogens (tertiary/aromatic N) is 5. The third-order valence-electron chi connectivity index (χ3n) is 6.62. The summed E-state index contributed by atoms with van der Waals surface area (Å²) in [6.07, 6.45) is 8.00. The fraction of sp³-hybridized carbons (Fsp3) is 0.200. The number of imidazole rings is 1. The van der Waals surface area contributed by atoms with Crippen LogP contribution in [0.4, 0.5) is 20.3 Å². The van der Waals surface area contributed by atoms with Crippen LogP contribution in [0.3, 0.4) is 0 Å². The quantitative estimate of drug-likeness (QED) is 0.156. The maximum atomic E-state index is 15.2. The molecular weight excluding hydrogens is 572 g/mol. The molecule has 0 unspecified atom stereocenters. The molecule has 3 aromatic heterocycles. The minimum Gasteiger partial charge on any atom is -0.436 e. The van der Waals surface area contributed by atoms with Crippen LogP contribution in [0.25, 0.3) is 16.9 Å². The first kappa shape index (κ1) is 30.0. The molecule has 44 heavy (non-hydrogen) atoms. The fourth-order valence-electron chi connectivity index (χ4n) is 4.48. The summed E-state index contributed by atoms with van der Waals surface area (Å²) < 4.78 is 37.2. The number of ether oxygens (including phenoxy) is 1. The molecule has 14 heteroatoms. The topological polar surface area (TPSA) is 161 Å². The summed E-state index contributed by atoms with van der Waals surface area (Å²) in [7, 11) is 0. The van der Waals surface area contributed by atoms with Crippen molar-refractivity contribution in [3.8, 4) is 22.9 Å². The van der Waals surface area contributed by atoms with E-state index in [9.17, 15) is 14.0 Å². The largest absolute Gasteiger partial charge is 0.436 e. The Morgan fingerprint density at radius 2 is 1.84 bits per heavy atom. The molecule has 0 aliphatic carbocycles. The number of fused-ring (bicyclic) bond motifs is 1. The predicted molar refractivity (Wildman–Crippen MR) is 159 cm³/mol. The summed E-state index contributed by atoms with van der Waals surface area (Å²) in [6, 6.07) is 9.41. The molecular formula is C30H29F2N9O3. The monoisotopic (exact) mass is 601 g/mol. The third kappa shape index (κ3) is 6.60. The highest BCUT2D eigenvalue weighted by Gasteiger charge is 2.20. The van der Waals surface area contributed by atoms with E-state index in [-0.39, 0.29) is 48.5 Å². The number of nitrogens with one attached hydrogen (secondary N) is 3. The highest BCUT2D eigenvalue weighted by Crippen LogP contribution is 2.33. The first-order chi connectivity index (χ1) is 21.4. The van der Waals surface area contributed by atoms with Gasteiger partial charge in [0, 0.05) is 67.5 Å². The molecule has 5 rings (SSSR count). The Kier molecular flexibility index (Phi) is 9.30. The van der Waals surface area contributed by atoms with Gasteiger partial charge in [-0.3, -0.25) is 14.0 Å². The minimum atomic E-state index is -1.17. The zero-order chi connectivity index (χ0) is 31.1. The van der Waals surface area contributed by atoms with Gasteiger partial charge in [0.1, 0.15) is 6.33 Å². The smallest absolute Gasteiger partial charge is 0.251 e. The van der Waals surface area contributed by atoms with E-state index in [0.717, 1.165) is 5.56 Å². The van der Waals surface area contributed by atoms with Gasteiger partial charge in [-0.1, -0.05) is 6.92 Å². The molecule has 0 aliphatic rings. The molecule has 3 heterocycles. The number of rotatable bonds is 12. The highest BCUT2D eigenvalue weighted by molar-refractivity contribution is 5.96. The van der Waals surface area contributed by atoms with Gasteiger partial charge in [0.05, 0.1) is 11.9 Å². The third-order valence-corrected chi connectivity index (χ3v) is 6.62. The maximum Gasteiger partial charge on any atom is 0.251 e. The van der Waals surface area contributed by atoms with Crippen molar-refractivity contribution in [2.75, 3.05) is 25.0 Å². The van der Waals surface area contributed by atoms with Gasteiger partial charge >= 0.3 is 0 Å². The Labute approximate surface area is 250 Å². The first-order valence-corrected chi connectivity index (χ1v) is 13.8. The Hall–Kier alpha value is -5.50. The number of carbonyl (C=O) groups excluding carboxylic acids is 2. The molecule has 0 spiro atoms. The van der Waals surface area contributed by atoms with E-state index in [1.54, 1.807) is 22.7 Å². The molecule has 2 aromatic carbocycles. The second kappa shape index (κ2) is 13.6. The van der Waals surface area contributed by atoms with Gasteiger partial charge in [-0.2, -0.15) is 4.39 Å². The molecule has 5 N–H and O–H groups in total. The van der Waals surface area contributed by atoms with E-state index in [2.05, 4.69) is 35.9 Å². The second-order valence-electron chi connectivity index (χ2n) is 9.50. The number of anilines is 2. The van der Waals surface area contributed by atoms with Crippen LogP contribution < -0.4 is 26.4 Å². The van der Waals surface area contributed by atoms with Crippen LogP contribution in [0.5, 0.6) is 11.6 Å². The van der Waals surface area contributed by atoms with Gasteiger partial charge in [0.2, 0.25) is 17.6 Å². The van der Waals surface area contributed by atoms with Gasteiger partial charge in [-0.15, -0.1) is 0 Å². The lowest BCUT2D eigenvalue weighted by atomic mass is 10.0. The summed E-state index contributed by atoms with van der Waals surface area (Å²) in [5, 5.41) is 8.70. The highest BCUT2D eigenvalue weighted by atomic mass is 19.2. The van der Waals surface area contributed by atoms with Crippen molar-refractivity contribution in [3.05, 3.63) is 90.3 Å². The van der Waals surface area contributed by atoms with E-state index in [0.29, 0.717) is 41.4 Å². The minimum absolute atomic E-state index is 0.0234. The van der Waals surface area contributed by atoms with E-state index < -0.39 is 11.6 Å². The molecule has 0 aliphatic heterocycles. The standard InChI is InChI=1S/C30H29F2N9O3/c1-2-18-15-19(3-4-20(18)30(43)37-12-11-35-24(42)7-9-33)40-28-29-38-16-22(41(29)14-13-36-28)21-5-6-23(27(32)26(21)31)44-25-8-10-34-17-39-25/h3-6,8,10,13-17H,2,7,9,11-12,33H2,1H3,(H,35,42)(H,36,40)(H,37,43). The second-order valence-corrected chi connectivity index (χ2v) is 9.50. The number of aromatic nitrogens is 5. The van der Waals surface area contributed by atoms with Gasteiger partial charge < -0.3 is 26.4 Å². The lowest BCUT2D eigenvalue weighted by Crippen LogP contribution is -2.35. The zero-order valence-corrected chi connectivity index (χ0v) is 23.7. The van der Waals surface area contributed by atoms with Crippen molar-refractivity contribution in [1.82, 2.24) is 35.0 Å². The number of amides is 2. The van der Waals surface area contributed by atoms with E-state index >= 15 is 4.39 Å². The molecule has 0 saturated carbocycles. The van der Waals surface area contributed by atoms with Crippen molar-refractivity contribution in [3.63, 3.8) is 0 Å². The number of hydrogen-bond acceptors (Lipinski definition) is 9. The number of hydrogen-bond donors (Lipinski definition) is 4. The van der Waals surface area contributed by atoms with Crippen LogP contribution in [0, 0.1) is 11.6 Å². The molecule has 0 saturated heterocycles. The molecule has 0 atom stereocenters. The Balaban J connectivity index is 1.33. The van der Waals surface area contributed by atoms with Crippen LogP contribution in [0.15, 0.2) is 67.5 Å². The van der Waals surface area contributed by atoms with Crippen molar-refractivity contribution in [1.29, 1.82) is 0 Å². The van der Waals surface area contributed by atoms with Crippen molar-refractivity contribution in [2.45, 2.75) is 19.8 Å². The Bertz CT molecular complexity index is 1800. The lowest BCUT2D eigenvalue weighted by Gasteiger charge is -2.13. The number of aryl methyl sites for hydroxylation is 1.